The van der Waals surface area contributed by atoms with Crippen LogP contribution in [0.3, 0.4) is 0 Å². The van der Waals surface area contributed by atoms with Crippen molar-refractivity contribution in [1.29, 1.82) is 0 Å². The largest absolute Gasteiger partial charge is 0.487 e. The first-order valence-electron chi connectivity index (χ1n) is 11.8. The summed E-state index contributed by atoms with van der Waals surface area (Å²) in [6.07, 6.45) is -8.03. The van der Waals surface area contributed by atoms with Gasteiger partial charge in [-0.3, -0.25) is 14.9 Å². The first-order chi connectivity index (χ1) is 18.2. The molecule has 8 nitrogen and oxygen atoms in total. The molecule has 0 saturated heterocycles. The number of anilines is 2. The third kappa shape index (κ3) is 6.67. The minimum atomic E-state index is -4.90. The molecule has 1 aliphatic carbocycles. The number of rotatable bonds is 6. The highest BCUT2D eigenvalue weighted by atomic mass is 19.4. The number of fused-ring (bicyclic) bond motifs is 1. The van der Waals surface area contributed by atoms with E-state index in [1.165, 1.54) is 25.1 Å². The van der Waals surface area contributed by atoms with Gasteiger partial charge in [-0.15, -0.1) is 0 Å². The van der Waals surface area contributed by atoms with Crippen LogP contribution < -0.4 is 15.4 Å². The number of aromatic nitrogens is 1. The first kappa shape index (κ1) is 27.9. The highest BCUT2D eigenvalue weighted by Gasteiger charge is 2.38. The lowest BCUT2D eigenvalue weighted by atomic mass is 9.92. The van der Waals surface area contributed by atoms with Crippen molar-refractivity contribution in [2.45, 2.75) is 57.1 Å². The van der Waals surface area contributed by atoms with Crippen LogP contribution in [0.4, 0.5) is 43.5 Å². The molecule has 0 unspecified atom stereocenters. The van der Waals surface area contributed by atoms with E-state index in [1.54, 1.807) is 0 Å². The van der Waals surface area contributed by atoms with E-state index in [1.807, 2.05) is 0 Å². The van der Waals surface area contributed by atoms with Gasteiger partial charge in [-0.25, -0.2) is 4.98 Å². The van der Waals surface area contributed by atoms with E-state index >= 15 is 0 Å². The molecule has 39 heavy (non-hydrogen) atoms. The Morgan fingerprint density at radius 1 is 1.00 bits per heavy atom. The summed E-state index contributed by atoms with van der Waals surface area (Å²) in [6, 6.07) is 6.89. The van der Waals surface area contributed by atoms with Crippen molar-refractivity contribution in [2.75, 3.05) is 10.6 Å². The van der Waals surface area contributed by atoms with Gasteiger partial charge in [0.15, 0.2) is 11.6 Å². The molecule has 208 valence electrons. The fourth-order valence-electron chi connectivity index (χ4n) is 4.43. The van der Waals surface area contributed by atoms with E-state index < -0.39 is 46.1 Å². The number of carbonyl (C=O) groups excluding carboxylic acids is 1. The summed E-state index contributed by atoms with van der Waals surface area (Å²) in [5.74, 6) is -0.299. The summed E-state index contributed by atoms with van der Waals surface area (Å²) >= 11 is 0. The topological polar surface area (TPSA) is 106 Å². The summed E-state index contributed by atoms with van der Waals surface area (Å²) in [7, 11) is 0. The number of nitro groups is 1. The standard InChI is InChI=1S/C25H22F6N4O4/c1-13(36)32-23-22(11-14-10-15(24(26,27)28)2-8-20(14)34-23)39-18-6-3-16(4-7-18)33-17-5-9-21(35(37)38)19(12-17)25(29,30)31/h2,5,8-12,16,18,33H,3-4,6-7H2,1H3,(H,32,34,36). The van der Waals surface area contributed by atoms with Gasteiger partial charge in [0.05, 0.1) is 22.1 Å². The molecule has 1 fully saturated rings. The minimum Gasteiger partial charge on any atom is -0.487 e. The van der Waals surface area contributed by atoms with Crippen molar-refractivity contribution >= 4 is 34.0 Å². The molecular weight excluding hydrogens is 534 g/mol. The highest BCUT2D eigenvalue weighted by Crippen LogP contribution is 2.39. The Kier molecular flexibility index (Phi) is 7.57. The second-order valence-electron chi connectivity index (χ2n) is 9.14. The van der Waals surface area contributed by atoms with Gasteiger partial charge in [0.2, 0.25) is 5.91 Å². The van der Waals surface area contributed by atoms with Gasteiger partial charge < -0.3 is 15.4 Å². The Morgan fingerprint density at radius 2 is 1.69 bits per heavy atom. The number of halogens is 6. The SMILES string of the molecule is CC(=O)Nc1nc2ccc(C(F)(F)F)cc2cc1OC1CCC(Nc2ccc([N+](=O)[O-])c(C(F)(F)F)c2)CC1. The average Bonchev–Trinajstić information content (AvgIpc) is 2.83. The summed E-state index contributed by atoms with van der Waals surface area (Å²) in [4.78, 5) is 25.8. The number of benzene rings is 2. The zero-order valence-corrected chi connectivity index (χ0v) is 20.3. The van der Waals surface area contributed by atoms with Crippen molar-refractivity contribution in [3.8, 4) is 5.75 Å². The fraction of sp³-hybridized carbons (Fsp3) is 0.360. The Morgan fingerprint density at radius 3 is 2.28 bits per heavy atom. The zero-order chi connectivity index (χ0) is 28.5. The van der Waals surface area contributed by atoms with Crippen LogP contribution in [0.1, 0.15) is 43.7 Å². The molecule has 2 aromatic carbocycles. The number of nitrogens with zero attached hydrogens (tertiary/aromatic N) is 2. The van der Waals surface area contributed by atoms with Crippen molar-refractivity contribution in [3.05, 3.63) is 63.7 Å². The van der Waals surface area contributed by atoms with Crippen molar-refractivity contribution in [3.63, 3.8) is 0 Å². The van der Waals surface area contributed by atoms with Gasteiger partial charge in [-0.05, 0) is 62.1 Å². The molecule has 0 atom stereocenters. The number of hydrogen-bond acceptors (Lipinski definition) is 6. The maximum absolute atomic E-state index is 13.3. The molecule has 0 bridgehead atoms. The smallest absolute Gasteiger partial charge is 0.423 e. The van der Waals surface area contributed by atoms with E-state index in [9.17, 15) is 41.3 Å². The van der Waals surface area contributed by atoms with Crippen LogP contribution in [0, 0.1) is 10.1 Å². The average molecular weight is 556 g/mol. The van der Waals surface area contributed by atoms with E-state index in [0.717, 1.165) is 18.2 Å². The van der Waals surface area contributed by atoms with Crippen molar-refractivity contribution in [2.24, 2.45) is 0 Å². The van der Waals surface area contributed by atoms with E-state index in [0.29, 0.717) is 31.7 Å². The lowest BCUT2D eigenvalue weighted by Crippen LogP contribution is -2.31. The molecule has 2 N–H and O–H groups in total. The van der Waals surface area contributed by atoms with Crippen LogP contribution in [0.15, 0.2) is 42.5 Å². The predicted octanol–water partition coefficient (Wildman–Crippen LogP) is 6.94. The zero-order valence-electron chi connectivity index (χ0n) is 20.3. The summed E-state index contributed by atoms with van der Waals surface area (Å²) in [6.45, 7) is 1.25. The number of pyridine rings is 1. The van der Waals surface area contributed by atoms with Crippen LogP contribution in [-0.4, -0.2) is 28.0 Å². The molecule has 0 spiro atoms. The molecule has 1 heterocycles. The molecule has 1 aromatic heterocycles. The van der Waals surface area contributed by atoms with Gasteiger partial charge in [0.1, 0.15) is 5.56 Å². The lowest BCUT2D eigenvalue weighted by molar-refractivity contribution is -0.388. The Balaban J connectivity index is 1.48. The van der Waals surface area contributed by atoms with Crippen molar-refractivity contribution in [1.82, 2.24) is 4.98 Å². The summed E-state index contributed by atoms with van der Waals surface area (Å²) in [5.41, 5.74) is -2.93. The lowest BCUT2D eigenvalue weighted by Gasteiger charge is -2.30. The summed E-state index contributed by atoms with van der Waals surface area (Å²) < 4.78 is 85.4. The number of amides is 1. The third-order valence-electron chi connectivity index (χ3n) is 6.24. The van der Waals surface area contributed by atoms with Crippen LogP contribution in [-0.2, 0) is 17.1 Å². The Labute approximate surface area is 217 Å². The van der Waals surface area contributed by atoms with Crippen LogP contribution in [0.25, 0.3) is 10.9 Å². The first-order valence-corrected chi connectivity index (χ1v) is 11.8. The maximum atomic E-state index is 13.3. The number of hydrogen-bond donors (Lipinski definition) is 2. The maximum Gasteiger partial charge on any atom is 0.423 e. The second kappa shape index (κ2) is 10.6. The third-order valence-corrected chi connectivity index (χ3v) is 6.24. The number of nitro benzene ring substituents is 1. The quantitative estimate of drug-likeness (QED) is 0.194. The molecule has 0 radical (unpaired) electrons. The normalized spacial score (nSPS) is 18.0. The molecule has 14 heteroatoms. The summed E-state index contributed by atoms with van der Waals surface area (Å²) in [5, 5.41) is 16.6. The molecule has 1 amide bonds. The van der Waals surface area contributed by atoms with Gasteiger partial charge in [-0.1, -0.05) is 0 Å². The van der Waals surface area contributed by atoms with E-state index in [-0.39, 0.29) is 34.2 Å². The second-order valence-corrected chi connectivity index (χ2v) is 9.14. The van der Waals surface area contributed by atoms with Crippen LogP contribution in [0.5, 0.6) is 5.75 Å². The molecule has 1 saturated carbocycles. The fourth-order valence-corrected chi connectivity index (χ4v) is 4.43. The number of nitrogens with one attached hydrogen (secondary N) is 2. The predicted molar refractivity (Wildman–Crippen MR) is 129 cm³/mol. The van der Waals surface area contributed by atoms with Crippen LogP contribution >= 0.6 is 0 Å². The van der Waals surface area contributed by atoms with Crippen molar-refractivity contribution < 1.29 is 40.8 Å². The molecule has 4 rings (SSSR count). The molecule has 1 aliphatic rings. The number of ether oxygens (including phenoxy) is 1. The van der Waals surface area contributed by atoms with Gasteiger partial charge >= 0.3 is 12.4 Å². The number of carbonyl (C=O) groups is 1. The minimum absolute atomic E-state index is 0.0561. The van der Waals surface area contributed by atoms with Gasteiger partial charge in [0.25, 0.3) is 5.69 Å². The number of alkyl halides is 6. The van der Waals surface area contributed by atoms with Gasteiger partial charge in [0, 0.05) is 30.1 Å². The Bertz CT molecular complexity index is 1400. The Hall–Kier alpha value is -4.10. The molecule has 0 aliphatic heterocycles. The van der Waals surface area contributed by atoms with Gasteiger partial charge in [-0.2, -0.15) is 26.3 Å². The monoisotopic (exact) mass is 556 g/mol. The van der Waals surface area contributed by atoms with E-state index in [4.69, 9.17) is 4.74 Å². The highest BCUT2D eigenvalue weighted by molar-refractivity contribution is 5.92. The molecular formula is C25H22F6N4O4. The van der Waals surface area contributed by atoms with Crippen LogP contribution in [0.2, 0.25) is 0 Å². The molecule has 3 aromatic rings. The van der Waals surface area contributed by atoms with E-state index in [2.05, 4.69) is 15.6 Å².